The van der Waals surface area contributed by atoms with Gasteiger partial charge in [0.05, 0.1) is 6.10 Å². The van der Waals surface area contributed by atoms with Gasteiger partial charge < -0.3 is 0 Å². The van der Waals surface area contributed by atoms with Crippen molar-refractivity contribution in [1.82, 2.24) is 0 Å². The van der Waals surface area contributed by atoms with Gasteiger partial charge in [-0.2, -0.15) is 8.42 Å². The topological polar surface area (TPSA) is 63.6 Å². The van der Waals surface area contributed by atoms with Gasteiger partial charge in [-0.25, -0.2) is 4.18 Å². The Kier molecular flexibility index (Phi) is 9.66. The number of hydrogen-bond acceptors (Lipinski definition) is 3. The highest BCUT2D eigenvalue weighted by molar-refractivity contribution is 7.80. The molecule has 0 heterocycles. The van der Waals surface area contributed by atoms with Crippen molar-refractivity contribution in [2.75, 3.05) is 0 Å². The normalized spacial score (nSPS) is 15.7. The van der Waals surface area contributed by atoms with Gasteiger partial charge in [0, 0.05) is 0 Å². The first-order chi connectivity index (χ1) is 8.78. The molecule has 0 radical (unpaired) electrons. The van der Waals surface area contributed by atoms with Gasteiger partial charge in [0.15, 0.2) is 0 Å². The average molecular weight is 294 g/mol. The maximum Gasteiger partial charge on any atom is 0.397 e. The standard InChI is InChI=1S/C14H30O4S/c1-5-7-8-13(6-2)9-10-14(11-12(3)4)18-19(15,16)17/h12-14H,5-11H2,1-4H3,(H,15,16,17). The molecule has 2 unspecified atom stereocenters. The Morgan fingerprint density at radius 3 is 2.16 bits per heavy atom. The van der Waals surface area contributed by atoms with Crippen molar-refractivity contribution in [3.8, 4) is 0 Å². The third-order valence-electron chi connectivity index (χ3n) is 3.43. The highest BCUT2D eigenvalue weighted by Gasteiger charge is 2.20. The predicted octanol–water partition coefficient (Wildman–Crippen LogP) is 4.22. The molecule has 0 aromatic rings. The van der Waals surface area contributed by atoms with Gasteiger partial charge in [0.2, 0.25) is 0 Å². The van der Waals surface area contributed by atoms with Crippen molar-refractivity contribution in [2.45, 2.75) is 78.7 Å². The zero-order valence-corrected chi connectivity index (χ0v) is 13.6. The van der Waals surface area contributed by atoms with Gasteiger partial charge in [-0.3, -0.25) is 4.55 Å². The van der Waals surface area contributed by atoms with E-state index in [4.69, 9.17) is 8.74 Å². The second kappa shape index (κ2) is 9.72. The van der Waals surface area contributed by atoms with Crippen LogP contribution in [0.1, 0.15) is 72.6 Å². The molecule has 0 aromatic carbocycles. The Balaban J connectivity index is 4.30. The molecule has 0 spiro atoms. The molecule has 0 saturated carbocycles. The summed E-state index contributed by atoms with van der Waals surface area (Å²) in [6, 6.07) is 0. The molecule has 0 aliphatic carbocycles. The molecular weight excluding hydrogens is 264 g/mol. The van der Waals surface area contributed by atoms with E-state index in [-0.39, 0.29) is 0 Å². The summed E-state index contributed by atoms with van der Waals surface area (Å²) in [5, 5.41) is 0. The summed E-state index contributed by atoms with van der Waals surface area (Å²) in [7, 11) is -4.34. The summed E-state index contributed by atoms with van der Waals surface area (Å²) in [5.74, 6) is 0.974. The monoisotopic (exact) mass is 294 g/mol. The lowest BCUT2D eigenvalue weighted by molar-refractivity contribution is 0.141. The van der Waals surface area contributed by atoms with Crippen LogP contribution in [0.3, 0.4) is 0 Å². The summed E-state index contributed by atoms with van der Waals surface area (Å²) < 4.78 is 35.3. The molecule has 116 valence electrons. The van der Waals surface area contributed by atoms with Crippen molar-refractivity contribution < 1.29 is 17.2 Å². The largest absolute Gasteiger partial charge is 0.397 e. The zero-order valence-electron chi connectivity index (χ0n) is 12.8. The molecule has 0 fully saturated rings. The van der Waals surface area contributed by atoms with E-state index >= 15 is 0 Å². The summed E-state index contributed by atoms with van der Waals surface area (Å²) in [4.78, 5) is 0. The molecule has 0 amide bonds. The fourth-order valence-corrected chi connectivity index (χ4v) is 2.89. The SMILES string of the molecule is CCCCC(CC)CCC(CC(C)C)OS(=O)(=O)O. The van der Waals surface area contributed by atoms with Gasteiger partial charge >= 0.3 is 10.4 Å². The first-order valence-corrected chi connectivity index (χ1v) is 8.80. The number of rotatable bonds is 11. The van der Waals surface area contributed by atoms with E-state index in [2.05, 4.69) is 13.8 Å². The van der Waals surface area contributed by atoms with Crippen LogP contribution in [0, 0.1) is 11.8 Å². The summed E-state index contributed by atoms with van der Waals surface area (Å²) >= 11 is 0. The maximum atomic E-state index is 10.8. The van der Waals surface area contributed by atoms with Gasteiger partial charge in [-0.1, -0.05) is 53.4 Å². The molecule has 0 saturated heterocycles. The molecule has 19 heavy (non-hydrogen) atoms. The Morgan fingerprint density at radius 2 is 1.74 bits per heavy atom. The van der Waals surface area contributed by atoms with Crippen molar-refractivity contribution in [1.29, 1.82) is 0 Å². The molecule has 4 nitrogen and oxygen atoms in total. The second-order valence-electron chi connectivity index (χ2n) is 5.77. The van der Waals surface area contributed by atoms with E-state index in [0.29, 0.717) is 24.7 Å². The van der Waals surface area contributed by atoms with E-state index in [1.165, 1.54) is 19.3 Å². The molecule has 0 aliphatic heterocycles. The minimum atomic E-state index is -4.34. The van der Waals surface area contributed by atoms with Gasteiger partial charge in [0.1, 0.15) is 0 Å². The lowest BCUT2D eigenvalue weighted by Gasteiger charge is -2.21. The number of hydrogen-bond donors (Lipinski definition) is 1. The minimum absolute atomic E-state index is 0.350. The van der Waals surface area contributed by atoms with Crippen LogP contribution in [0.2, 0.25) is 0 Å². The first kappa shape index (κ1) is 18.9. The van der Waals surface area contributed by atoms with Crippen LogP contribution in [0.5, 0.6) is 0 Å². The molecule has 2 atom stereocenters. The van der Waals surface area contributed by atoms with Gasteiger partial charge in [-0.15, -0.1) is 0 Å². The quantitative estimate of drug-likeness (QED) is 0.580. The van der Waals surface area contributed by atoms with Crippen molar-refractivity contribution in [3.05, 3.63) is 0 Å². The van der Waals surface area contributed by atoms with E-state index < -0.39 is 16.5 Å². The van der Waals surface area contributed by atoms with E-state index in [1.54, 1.807) is 0 Å². The Morgan fingerprint density at radius 1 is 1.11 bits per heavy atom. The average Bonchev–Trinajstić information content (AvgIpc) is 2.26. The highest BCUT2D eigenvalue weighted by atomic mass is 32.3. The predicted molar refractivity (Wildman–Crippen MR) is 78.4 cm³/mol. The van der Waals surface area contributed by atoms with E-state index in [1.807, 2.05) is 13.8 Å². The minimum Gasteiger partial charge on any atom is -0.264 e. The maximum absolute atomic E-state index is 10.8. The van der Waals surface area contributed by atoms with Crippen molar-refractivity contribution >= 4 is 10.4 Å². The molecule has 0 aromatic heterocycles. The van der Waals surface area contributed by atoms with Crippen molar-refractivity contribution in [3.63, 3.8) is 0 Å². The lowest BCUT2D eigenvalue weighted by Crippen LogP contribution is -2.21. The molecule has 1 N–H and O–H groups in total. The van der Waals surface area contributed by atoms with Crippen LogP contribution in [0.25, 0.3) is 0 Å². The fraction of sp³-hybridized carbons (Fsp3) is 1.00. The summed E-state index contributed by atoms with van der Waals surface area (Å²) in [6.45, 7) is 8.39. The smallest absolute Gasteiger partial charge is 0.264 e. The lowest BCUT2D eigenvalue weighted by atomic mass is 9.91. The summed E-state index contributed by atoms with van der Waals surface area (Å²) in [6.07, 6.45) is 6.62. The van der Waals surface area contributed by atoms with E-state index in [9.17, 15) is 8.42 Å². The fourth-order valence-electron chi connectivity index (χ4n) is 2.37. The second-order valence-corrected chi connectivity index (χ2v) is 6.82. The van der Waals surface area contributed by atoms with Crippen molar-refractivity contribution in [2.24, 2.45) is 11.8 Å². The molecule has 0 rings (SSSR count). The van der Waals surface area contributed by atoms with Crippen LogP contribution < -0.4 is 0 Å². The highest BCUT2D eigenvalue weighted by Crippen LogP contribution is 2.23. The van der Waals surface area contributed by atoms with Crippen LogP contribution in [0.15, 0.2) is 0 Å². The Hall–Kier alpha value is -0.130. The summed E-state index contributed by atoms with van der Waals surface area (Å²) in [5.41, 5.74) is 0. The van der Waals surface area contributed by atoms with Crippen LogP contribution in [-0.2, 0) is 14.6 Å². The molecule has 0 bridgehead atoms. The number of unbranched alkanes of at least 4 members (excludes halogenated alkanes) is 1. The van der Waals surface area contributed by atoms with Gasteiger partial charge in [0.25, 0.3) is 0 Å². The van der Waals surface area contributed by atoms with Crippen LogP contribution >= 0.6 is 0 Å². The van der Waals surface area contributed by atoms with Gasteiger partial charge in [-0.05, 0) is 31.1 Å². The third-order valence-corrected chi connectivity index (χ3v) is 3.95. The van der Waals surface area contributed by atoms with Crippen LogP contribution in [0.4, 0.5) is 0 Å². The van der Waals surface area contributed by atoms with Crippen LogP contribution in [-0.4, -0.2) is 19.1 Å². The first-order valence-electron chi connectivity index (χ1n) is 7.44. The third kappa shape index (κ3) is 11.4. The zero-order chi connectivity index (χ0) is 14.9. The molecular formula is C14H30O4S. The molecule has 0 aliphatic rings. The Bertz CT molecular complexity index is 311. The Labute approximate surface area is 118 Å². The molecule has 5 heteroatoms. The van der Waals surface area contributed by atoms with E-state index in [0.717, 1.165) is 12.8 Å².